The first-order valence-corrected chi connectivity index (χ1v) is 9.69. The Bertz CT molecular complexity index is 675. The molecule has 1 aromatic carbocycles. The average Bonchev–Trinajstić information content (AvgIpc) is 2.64. The number of nitrogens with one attached hydrogen (secondary N) is 4. The number of hydrogen-bond donors (Lipinski definition) is 4. The fourth-order valence-electron chi connectivity index (χ4n) is 2.98. The molecule has 0 spiro atoms. The summed E-state index contributed by atoms with van der Waals surface area (Å²) in [6.07, 6.45) is 5.64. The van der Waals surface area contributed by atoms with Gasteiger partial charge in [-0.25, -0.2) is 4.79 Å². The normalized spacial score (nSPS) is 14.3. The molecule has 4 amide bonds. The molecule has 1 aliphatic carbocycles. The minimum Gasteiger partial charge on any atom is -0.347 e. The number of carbonyl (C=O) groups excluding carboxylic acids is 3. The zero-order chi connectivity index (χ0) is 19.6. The Morgan fingerprint density at radius 1 is 1.07 bits per heavy atom. The Hall–Kier alpha value is -2.28. The largest absolute Gasteiger partial charge is 0.347 e. The molecule has 4 N–H and O–H groups in total. The highest BCUT2D eigenvalue weighted by atomic mass is 35.5. The Kier molecular flexibility index (Phi) is 8.39. The summed E-state index contributed by atoms with van der Waals surface area (Å²) in [6.45, 7) is 1.89. The second-order valence-electron chi connectivity index (χ2n) is 6.72. The van der Waals surface area contributed by atoms with Gasteiger partial charge in [0, 0.05) is 29.7 Å². The molecule has 1 fully saturated rings. The first-order valence-electron chi connectivity index (χ1n) is 9.31. The van der Waals surface area contributed by atoms with Crippen LogP contribution in [-0.4, -0.2) is 37.0 Å². The summed E-state index contributed by atoms with van der Waals surface area (Å²) in [5.41, 5.74) is 1.38. The Morgan fingerprint density at radius 2 is 1.81 bits per heavy atom. The molecular formula is C19H27ClN4O3. The first kappa shape index (κ1) is 21.0. The second kappa shape index (κ2) is 10.8. The van der Waals surface area contributed by atoms with Crippen LogP contribution >= 0.6 is 11.6 Å². The highest BCUT2D eigenvalue weighted by molar-refractivity contribution is 6.31. The van der Waals surface area contributed by atoms with Gasteiger partial charge >= 0.3 is 6.03 Å². The Labute approximate surface area is 164 Å². The number of urea groups is 1. The molecule has 7 nitrogen and oxygen atoms in total. The molecule has 0 aromatic heterocycles. The van der Waals surface area contributed by atoms with Gasteiger partial charge in [0.15, 0.2) is 0 Å². The van der Waals surface area contributed by atoms with Gasteiger partial charge in [-0.05, 0) is 37.5 Å². The van der Waals surface area contributed by atoms with Crippen molar-refractivity contribution in [2.24, 2.45) is 0 Å². The van der Waals surface area contributed by atoms with Crippen LogP contribution in [0.5, 0.6) is 0 Å². The molecule has 1 saturated carbocycles. The van der Waals surface area contributed by atoms with Crippen LogP contribution in [0.1, 0.15) is 44.1 Å². The van der Waals surface area contributed by atoms with Gasteiger partial charge in [-0.3, -0.25) is 9.59 Å². The van der Waals surface area contributed by atoms with Crippen molar-refractivity contribution in [3.63, 3.8) is 0 Å². The van der Waals surface area contributed by atoms with Gasteiger partial charge in [-0.15, -0.1) is 0 Å². The molecule has 27 heavy (non-hydrogen) atoms. The van der Waals surface area contributed by atoms with Crippen LogP contribution in [0.25, 0.3) is 0 Å². The van der Waals surface area contributed by atoms with Crippen molar-refractivity contribution < 1.29 is 14.4 Å². The van der Waals surface area contributed by atoms with E-state index in [0.29, 0.717) is 10.7 Å². The van der Waals surface area contributed by atoms with E-state index in [1.807, 2.05) is 0 Å². The predicted octanol–water partition coefficient (Wildman–Crippen LogP) is 2.73. The monoisotopic (exact) mass is 394 g/mol. The number of amides is 4. The van der Waals surface area contributed by atoms with Gasteiger partial charge in [-0.1, -0.05) is 36.9 Å². The lowest BCUT2D eigenvalue weighted by Crippen LogP contribution is -2.44. The van der Waals surface area contributed by atoms with E-state index >= 15 is 0 Å². The van der Waals surface area contributed by atoms with Crippen LogP contribution in [0.3, 0.4) is 0 Å². The Morgan fingerprint density at radius 3 is 2.56 bits per heavy atom. The molecule has 0 aliphatic heterocycles. The van der Waals surface area contributed by atoms with Gasteiger partial charge in [0.25, 0.3) is 0 Å². The van der Waals surface area contributed by atoms with E-state index in [2.05, 4.69) is 21.3 Å². The van der Waals surface area contributed by atoms with Crippen molar-refractivity contribution in [3.8, 4) is 0 Å². The van der Waals surface area contributed by atoms with E-state index in [4.69, 9.17) is 11.6 Å². The van der Waals surface area contributed by atoms with Crippen molar-refractivity contribution in [1.29, 1.82) is 0 Å². The number of rotatable bonds is 7. The van der Waals surface area contributed by atoms with Gasteiger partial charge < -0.3 is 21.3 Å². The molecule has 0 radical (unpaired) electrons. The molecule has 0 unspecified atom stereocenters. The maximum absolute atomic E-state index is 11.9. The van der Waals surface area contributed by atoms with Crippen LogP contribution in [0.15, 0.2) is 18.2 Å². The molecule has 0 heterocycles. The lowest BCUT2D eigenvalue weighted by atomic mass is 9.96. The quantitative estimate of drug-likeness (QED) is 0.572. The average molecular weight is 395 g/mol. The first-order chi connectivity index (χ1) is 13.0. The van der Waals surface area contributed by atoms with Gasteiger partial charge in [0.05, 0.1) is 6.54 Å². The summed E-state index contributed by atoms with van der Waals surface area (Å²) >= 11 is 6.01. The third kappa shape index (κ3) is 7.46. The number of carbonyl (C=O) groups is 3. The van der Waals surface area contributed by atoms with Gasteiger partial charge in [0.2, 0.25) is 11.8 Å². The van der Waals surface area contributed by atoms with Crippen molar-refractivity contribution >= 4 is 35.1 Å². The van der Waals surface area contributed by atoms with E-state index in [0.717, 1.165) is 31.2 Å². The summed E-state index contributed by atoms with van der Waals surface area (Å²) in [4.78, 5) is 35.5. The minimum atomic E-state index is -0.336. The molecule has 0 bridgehead atoms. The number of benzene rings is 1. The highest BCUT2D eigenvalue weighted by Gasteiger charge is 2.15. The maximum atomic E-state index is 11.9. The molecule has 0 saturated heterocycles. The van der Waals surface area contributed by atoms with Crippen LogP contribution in [0, 0.1) is 6.92 Å². The van der Waals surface area contributed by atoms with Crippen LogP contribution in [0.2, 0.25) is 5.02 Å². The fraction of sp³-hybridized carbons (Fsp3) is 0.526. The highest BCUT2D eigenvalue weighted by Crippen LogP contribution is 2.22. The topological polar surface area (TPSA) is 99.3 Å². The van der Waals surface area contributed by atoms with Gasteiger partial charge in [0.1, 0.15) is 0 Å². The van der Waals surface area contributed by atoms with Crippen LogP contribution < -0.4 is 21.3 Å². The summed E-state index contributed by atoms with van der Waals surface area (Å²) < 4.78 is 0. The molecule has 148 valence electrons. The molecular weight excluding hydrogens is 368 g/mol. The molecule has 0 atom stereocenters. The summed E-state index contributed by atoms with van der Waals surface area (Å²) in [5, 5.41) is 11.4. The molecule has 8 heteroatoms. The van der Waals surface area contributed by atoms with Crippen molar-refractivity contribution in [2.75, 3.05) is 18.4 Å². The van der Waals surface area contributed by atoms with E-state index in [1.54, 1.807) is 25.1 Å². The molecule has 1 aliphatic rings. The standard InChI is InChI=1S/C19H27ClN4O3/c1-13-15(20)8-5-9-16(13)24-18(26)12-22-17(25)10-11-21-19(27)23-14-6-3-2-4-7-14/h5,8-9,14H,2-4,6-7,10-12H2,1H3,(H,22,25)(H,24,26)(H2,21,23,27). The Balaban J connectivity index is 1.60. The number of hydrogen-bond acceptors (Lipinski definition) is 3. The lowest BCUT2D eigenvalue weighted by Gasteiger charge is -2.22. The zero-order valence-corrected chi connectivity index (χ0v) is 16.3. The summed E-state index contributed by atoms with van der Waals surface area (Å²) in [5.74, 6) is -0.636. The van der Waals surface area contributed by atoms with E-state index in [1.165, 1.54) is 6.42 Å². The van der Waals surface area contributed by atoms with Crippen LogP contribution in [-0.2, 0) is 9.59 Å². The summed E-state index contributed by atoms with van der Waals surface area (Å²) in [6, 6.07) is 5.21. The fourth-order valence-corrected chi connectivity index (χ4v) is 3.15. The molecule has 1 aromatic rings. The second-order valence-corrected chi connectivity index (χ2v) is 7.13. The third-order valence-corrected chi connectivity index (χ3v) is 4.98. The van der Waals surface area contributed by atoms with E-state index in [9.17, 15) is 14.4 Å². The van der Waals surface area contributed by atoms with Crippen molar-refractivity contribution in [1.82, 2.24) is 16.0 Å². The predicted molar refractivity (Wildman–Crippen MR) is 106 cm³/mol. The van der Waals surface area contributed by atoms with Crippen molar-refractivity contribution in [2.45, 2.75) is 51.5 Å². The third-order valence-electron chi connectivity index (χ3n) is 4.57. The van der Waals surface area contributed by atoms with Crippen LogP contribution in [0.4, 0.5) is 10.5 Å². The molecule has 2 rings (SSSR count). The zero-order valence-electron chi connectivity index (χ0n) is 15.6. The smallest absolute Gasteiger partial charge is 0.315 e. The van der Waals surface area contributed by atoms with E-state index in [-0.39, 0.29) is 43.4 Å². The van der Waals surface area contributed by atoms with E-state index < -0.39 is 0 Å². The van der Waals surface area contributed by atoms with Gasteiger partial charge in [-0.2, -0.15) is 0 Å². The lowest BCUT2D eigenvalue weighted by molar-refractivity contribution is -0.124. The number of halogens is 1. The maximum Gasteiger partial charge on any atom is 0.315 e. The SMILES string of the molecule is Cc1c(Cl)cccc1NC(=O)CNC(=O)CCNC(=O)NC1CCCCC1. The number of anilines is 1. The minimum absolute atomic E-state index is 0.113. The van der Waals surface area contributed by atoms with Crippen molar-refractivity contribution in [3.05, 3.63) is 28.8 Å². The summed E-state index contributed by atoms with van der Waals surface area (Å²) in [7, 11) is 0.